The molecule has 1 aromatic carbocycles. The molecule has 49 heavy (non-hydrogen) atoms. The molecule has 0 bridgehead atoms. The topological polar surface area (TPSA) is 117 Å². The van der Waals surface area contributed by atoms with Crippen molar-refractivity contribution in [3.8, 4) is 5.69 Å². The van der Waals surface area contributed by atoms with Crippen LogP contribution < -0.4 is 0 Å². The fourth-order valence-electron chi connectivity index (χ4n) is 11.6. The van der Waals surface area contributed by atoms with Crippen molar-refractivity contribution in [1.29, 1.82) is 0 Å². The Hall–Kier alpha value is -2.47. The number of ether oxygens (including phenoxy) is 2. The molecule has 9 atom stereocenters. The molecule has 1 aromatic heterocycles. The molecule has 0 spiro atoms. The fraction of sp³-hybridized carbons (Fsp3) is 0.692. The zero-order chi connectivity index (χ0) is 34.3. The number of rotatable bonds is 8. The van der Waals surface area contributed by atoms with Gasteiger partial charge in [0.15, 0.2) is 17.7 Å². The minimum Gasteiger partial charge on any atom is -0.396 e. The van der Waals surface area contributed by atoms with E-state index in [1.807, 2.05) is 16.9 Å². The van der Waals surface area contributed by atoms with E-state index in [-0.39, 0.29) is 41.4 Å². The van der Waals surface area contributed by atoms with Crippen LogP contribution in [0.5, 0.6) is 0 Å². The second kappa shape index (κ2) is 12.3. The number of allylic oxidation sites excluding steroid dienone is 1. The summed E-state index contributed by atoms with van der Waals surface area (Å²) in [5, 5.41) is 36.7. The van der Waals surface area contributed by atoms with Gasteiger partial charge in [-0.3, -0.25) is 9.69 Å². The van der Waals surface area contributed by atoms with Crippen molar-refractivity contribution in [1.82, 2.24) is 14.7 Å². The number of Topliss-reactive ketones (excluding diaryl/α,β-unsaturated/α-hetero) is 1. The first-order valence-corrected chi connectivity index (χ1v) is 18.6. The number of carbonyl (C=O) groups is 1. The number of halogens is 1. The second-order valence-electron chi connectivity index (χ2n) is 16.4. The van der Waals surface area contributed by atoms with Crippen molar-refractivity contribution in [3.05, 3.63) is 52.6 Å². The van der Waals surface area contributed by atoms with Crippen LogP contribution in [0.4, 0.5) is 4.39 Å². The Bertz CT molecular complexity index is 1640. The summed E-state index contributed by atoms with van der Waals surface area (Å²) in [5.74, 6) is 0.105. The zero-order valence-electron chi connectivity index (χ0n) is 29.1. The van der Waals surface area contributed by atoms with Gasteiger partial charge in [0.05, 0.1) is 29.8 Å². The predicted molar refractivity (Wildman–Crippen MR) is 181 cm³/mol. The second-order valence-corrected chi connectivity index (χ2v) is 16.4. The Morgan fingerprint density at radius 2 is 1.96 bits per heavy atom. The van der Waals surface area contributed by atoms with E-state index in [0.717, 1.165) is 68.6 Å². The number of hydrogen-bond acceptors (Lipinski definition) is 8. The normalized spacial score (nSPS) is 38.7. The molecule has 0 amide bonds. The van der Waals surface area contributed by atoms with Crippen LogP contribution in [0, 0.1) is 40.3 Å². The van der Waals surface area contributed by atoms with Gasteiger partial charge in [0, 0.05) is 24.1 Å². The summed E-state index contributed by atoms with van der Waals surface area (Å²) >= 11 is 0. The highest BCUT2D eigenvalue weighted by atomic mass is 19.1. The summed E-state index contributed by atoms with van der Waals surface area (Å²) < 4.78 is 30.0. The maximum atomic E-state index is 15.1. The van der Waals surface area contributed by atoms with Gasteiger partial charge in [-0.15, -0.1) is 0 Å². The number of aliphatic hydroxyl groups is 3. The van der Waals surface area contributed by atoms with Gasteiger partial charge in [0.2, 0.25) is 0 Å². The molecule has 2 aliphatic heterocycles. The minimum atomic E-state index is -1.24. The highest BCUT2D eigenvalue weighted by Gasteiger charge is 2.75. The first-order valence-electron chi connectivity index (χ1n) is 18.6. The smallest absolute Gasteiger partial charge is 0.193 e. The van der Waals surface area contributed by atoms with E-state index < -0.39 is 36.1 Å². The lowest BCUT2D eigenvalue weighted by Gasteiger charge is -2.60. The Balaban J connectivity index is 1.07. The van der Waals surface area contributed by atoms with Gasteiger partial charge in [-0.1, -0.05) is 32.8 Å². The molecule has 0 radical (unpaired) electrons. The van der Waals surface area contributed by atoms with Crippen LogP contribution in [-0.2, 0) is 27.2 Å². The number of nitrogens with zero attached hydrogens (tertiary/aromatic N) is 3. The summed E-state index contributed by atoms with van der Waals surface area (Å²) in [7, 11) is 0. The van der Waals surface area contributed by atoms with Crippen LogP contribution in [0.15, 0.2) is 30.0 Å². The lowest BCUT2D eigenvalue weighted by atomic mass is 9.45. The zero-order valence-corrected chi connectivity index (χ0v) is 29.1. The molecule has 2 aromatic rings. The molecular formula is C39H52FN3O6. The van der Waals surface area contributed by atoms with Gasteiger partial charge in [-0.2, -0.15) is 5.10 Å². The predicted octanol–water partition coefficient (Wildman–Crippen LogP) is 4.82. The number of aliphatic hydroxyl groups excluding tert-OH is 3. The number of likely N-dealkylation sites (tertiary alicyclic amines) is 1. The number of carbonyl (C=O) groups excluding carboxylic acids is 1. The highest BCUT2D eigenvalue weighted by Crippen LogP contribution is 2.70. The third-order valence-corrected chi connectivity index (χ3v) is 13.9. The first kappa shape index (κ1) is 33.7. The molecule has 3 saturated carbocycles. The molecule has 0 unspecified atom stereocenters. The summed E-state index contributed by atoms with van der Waals surface area (Å²) in [5.41, 5.74) is 2.79. The van der Waals surface area contributed by atoms with Crippen molar-refractivity contribution in [2.75, 3.05) is 26.3 Å². The molecule has 3 N–H and O–H groups in total. The number of fused-ring (bicyclic) bond motifs is 8. The van der Waals surface area contributed by atoms with Crippen LogP contribution in [0.3, 0.4) is 0 Å². The Morgan fingerprint density at radius 3 is 2.69 bits per heavy atom. The Labute approximate surface area is 288 Å². The third kappa shape index (κ3) is 4.99. The van der Waals surface area contributed by atoms with E-state index in [1.165, 1.54) is 5.57 Å². The third-order valence-electron chi connectivity index (χ3n) is 13.9. The van der Waals surface area contributed by atoms with Crippen LogP contribution in [0.1, 0.15) is 89.0 Å². The van der Waals surface area contributed by atoms with E-state index in [1.54, 1.807) is 12.1 Å². The quantitative estimate of drug-likeness (QED) is 0.364. The van der Waals surface area contributed by atoms with Gasteiger partial charge < -0.3 is 24.8 Å². The number of piperidine rings is 1. The molecule has 6 aliphatic rings. The van der Waals surface area contributed by atoms with Crippen molar-refractivity contribution >= 4 is 11.9 Å². The molecule has 3 heterocycles. The lowest BCUT2D eigenvalue weighted by molar-refractivity contribution is -0.202. The number of ketones is 1. The lowest BCUT2D eigenvalue weighted by Crippen LogP contribution is -2.64. The average Bonchev–Trinajstić information content (AvgIpc) is 3.73. The Morgan fingerprint density at radius 1 is 1.16 bits per heavy atom. The first-order chi connectivity index (χ1) is 23.6. The molecule has 5 fully saturated rings. The van der Waals surface area contributed by atoms with Crippen LogP contribution in [0.2, 0.25) is 0 Å². The molecule has 9 nitrogen and oxygen atoms in total. The van der Waals surface area contributed by atoms with Gasteiger partial charge in [-0.05, 0) is 123 Å². The van der Waals surface area contributed by atoms with E-state index >= 15 is 4.39 Å². The fourth-order valence-corrected chi connectivity index (χ4v) is 11.6. The molecule has 2 saturated heterocycles. The maximum Gasteiger partial charge on any atom is 0.193 e. The monoisotopic (exact) mass is 677 g/mol. The number of aromatic nitrogens is 2. The molecule has 10 heteroatoms. The van der Waals surface area contributed by atoms with Gasteiger partial charge in [-0.25, -0.2) is 9.07 Å². The van der Waals surface area contributed by atoms with E-state index in [0.29, 0.717) is 37.3 Å². The van der Waals surface area contributed by atoms with Crippen molar-refractivity contribution in [2.24, 2.45) is 34.5 Å². The minimum absolute atomic E-state index is 0.000941. The number of benzene rings is 1. The van der Waals surface area contributed by atoms with Crippen LogP contribution in [-0.4, -0.2) is 86.2 Å². The largest absolute Gasteiger partial charge is 0.396 e. The van der Waals surface area contributed by atoms with Gasteiger partial charge in [0.25, 0.3) is 0 Å². The van der Waals surface area contributed by atoms with Crippen molar-refractivity contribution in [2.45, 2.75) is 109 Å². The molecular weight excluding hydrogens is 625 g/mol. The Kier molecular flexibility index (Phi) is 8.48. The summed E-state index contributed by atoms with van der Waals surface area (Å²) in [6.45, 7) is 8.32. The highest BCUT2D eigenvalue weighted by molar-refractivity contribution is 5.91. The van der Waals surface area contributed by atoms with Crippen molar-refractivity contribution in [3.63, 3.8) is 0 Å². The summed E-state index contributed by atoms with van der Waals surface area (Å²) in [6.07, 6.45) is 9.74. The summed E-state index contributed by atoms with van der Waals surface area (Å²) in [6, 6.07) is 5.27. The standard InChI is InChI=1S/C39H52FN3O6/c1-4-5-35-48-34-16-29-28-8-6-26-15-31-25(17-37(26,2)36(28)32(46)18-38(29,3)39(34,49-35)33(47)22-45)19-41-43(31)27-7-9-30(40)24(14-27)20-42-12-10-23(21-44)11-13-42/h7,9,14-15,19,23,28-29,32,34-36,44-46H,4-6,8,10-13,16-18,20-22H2,1-3H3/t28-,29-,32-,34+,35-,36+,37-,38-,39+/m0/s1. The van der Waals surface area contributed by atoms with E-state index in [2.05, 4.69) is 31.7 Å². The number of hydrogen-bond donors (Lipinski definition) is 3. The van der Waals surface area contributed by atoms with E-state index in [4.69, 9.17) is 14.6 Å². The molecule has 8 rings (SSSR count). The van der Waals surface area contributed by atoms with Gasteiger partial charge >= 0.3 is 0 Å². The summed E-state index contributed by atoms with van der Waals surface area (Å²) in [4.78, 5) is 15.9. The SMILES string of the molecule is CCC[C@H]1O[C@@H]2C[C@H]3[C@@H]4CCC5=Cc6c(cnn6-c6ccc(F)c(CN7CCC(CO)CC7)c6)C[C@]5(C)[C@H]4[C@@H](O)C[C@]3(C)[C@]2(C(=O)CO)O1. The van der Waals surface area contributed by atoms with Gasteiger partial charge in [0.1, 0.15) is 12.4 Å². The van der Waals surface area contributed by atoms with Crippen LogP contribution >= 0.6 is 0 Å². The average molecular weight is 678 g/mol. The molecule has 4 aliphatic carbocycles. The molecule has 266 valence electrons. The van der Waals surface area contributed by atoms with Crippen molar-refractivity contribution < 1.29 is 34.0 Å². The maximum absolute atomic E-state index is 15.1. The van der Waals surface area contributed by atoms with E-state index in [9.17, 15) is 20.1 Å². The van der Waals surface area contributed by atoms with Crippen LogP contribution in [0.25, 0.3) is 11.8 Å².